The maximum atomic E-state index is 12.2. The van der Waals surface area contributed by atoms with Gasteiger partial charge in [-0.2, -0.15) is 5.26 Å². The van der Waals surface area contributed by atoms with Crippen molar-refractivity contribution in [3.05, 3.63) is 11.1 Å². The molecule has 1 rings (SSSR count). The van der Waals surface area contributed by atoms with Crippen LogP contribution in [0.25, 0.3) is 0 Å². The fraction of sp³-hybridized carbons (Fsp3) is 0.722. The molecule has 0 spiro atoms. The van der Waals surface area contributed by atoms with Crippen molar-refractivity contribution in [2.75, 3.05) is 13.2 Å². The lowest BCUT2D eigenvalue weighted by Crippen LogP contribution is -2.42. The van der Waals surface area contributed by atoms with Crippen molar-refractivity contribution >= 4 is 11.8 Å². The van der Waals surface area contributed by atoms with Gasteiger partial charge in [0, 0.05) is 19.6 Å². The number of ether oxygens (including phenoxy) is 1. The molecule has 0 saturated carbocycles. The molecule has 128 valence electrons. The fourth-order valence-electron chi connectivity index (χ4n) is 2.67. The van der Waals surface area contributed by atoms with Gasteiger partial charge in [0.25, 0.3) is 5.91 Å². The van der Waals surface area contributed by atoms with Crippen LogP contribution in [0.4, 0.5) is 0 Å². The molecule has 1 aliphatic heterocycles. The smallest absolute Gasteiger partial charge is 0.271 e. The third-order valence-corrected chi connectivity index (χ3v) is 4.20. The van der Waals surface area contributed by atoms with Crippen LogP contribution in [0.3, 0.4) is 0 Å². The first-order chi connectivity index (χ1) is 11.0. The predicted octanol–water partition coefficient (Wildman–Crippen LogP) is 3.35. The normalized spacial score (nSPS) is 16.7. The van der Waals surface area contributed by atoms with E-state index in [-0.39, 0.29) is 24.0 Å². The van der Waals surface area contributed by atoms with Gasteiger partial charge in [0.05, 0.1) is 6.10 Å². The van der Waals surface area contributed by atoms with Gasteiger partial charge in [0.15, 0.2) is 0 Å². The van der Waals surface area contributed by atoms with Gasteiger partial charge in [0.1, 0.15) is 11.6 Å². The molecule has 0 saturated heterocycles. The number of carbonyl (C=O) groups excluding carboxylic acids is 2. The van der Waals surface area contributed by atoms with Crippen molar-refractivity contribution in [3.63, 3.8) is 0 Å². The molecule has 0 aromatic heterocycles. The standard InChI is InChI=1S/C18H28N2O3/c1-4-6-7-8-11-23-15(5-2)9-10-20-17(21)12-14(3)16(13-19)18(20)22/h15H,4-12H2,1-3H3. The monoisotopic (exact) mass is 320 g/mol. The van der Waals surface area contributed by atoms with E-state index in [9.17, 15) is 9.59 Å². The molecule has 1 unspecified atom stereocenters. The highest BCUT2D eigenvalue weighted by Gasteiger charge is 2.31. The molecule has 0 radical (unpaired) electrons. The lowest BCUT2D eigenvalue weighted by atomic mass is 10.0. The Kier molecular flexibility index (Phi) is 8.57. The summed E-state index contributed by atoms with van der Waals surface area (Å²) in [6.07, 6.45) is 6.32. The zero-order valence-corrected chi connectivity index (χ0v) is 14.6. The first-order valence-electron chi connectivity index (χ1n) is 8.61. The first-order valence-corrected chi connectivity index (χ1v) is 8.61. The van der Waals surface area contributed by atoms with E-state index >= 15 is 0 Å². The number of imide groups is 1. The summed E-state index contributed by atoms with van der Waals surface area (Å²) >= 11 is 0. The summed E-state index contributed by atoms with van der Waals surface area (Å²) in [4.78, 5) is 25.4. The molecule has 1 heterocycles. The summed E-state index contributed by atoms with van der Waals surface area (Å²) in [5.41, 5.74) is 0.677. The van der Waals surface area contributed by atoms with Crippen LogP contribution < -0.4 is 0 Å². The van der Waals surface area contributed by atoms with Crippen molar-refractivity contribution in [2.24, 2.45) is 0 Å². The minimum atomic E-state index is -0.459. The Bertz CT molecular complexity index is 491. The molecule has 0 fully saturated rings. The van der Waals surface area contributed by atoms with Crippen LogP contribution in [-0.2, 0) is 14.3 Å². The predicted molar refractivity (Wildman–Crippen MR) is 88.4 cm³/mol. The second-order valence-electron chi connectivity index (χ2n) is 6.04. The number of hydrogen-bond acceptors (Lipinski definition) is 4. The number of nitriles is 1. The molecule has 0 bridgehead atoms. The maximum absolute atomic E-state index is 12.2. The SMILES string of the molecule is CCCCCCOC(CC)CCN1C(=O)CC(C)=C(C#N)C1=O. The van der Waals surface area contributed by atoms with E-state index < -0.39 is 5.91 Å². The molecule has 0 aliphatic carbocycles. The van der Waals surface area contributed by atoms with Gasteiger partial charge in [0.2, 0.25) is 5.91 Å². The van der Waals surface area contributed by atoms with Crippen LogP contribution in [0.15, 0.2) is 11.1 Å². The molecular weight excluding hydrogens is 292 g/mol. The lowest BCUT2D eigenvalue weighted by Gasteiger charge is -2.27. The third-order valence-electron chi connectivity index (χ3n) is 4.20. The van der Waals surface area contributed by atoms with Gasteiger partial charge < -0.3 is 4.74 Å². The molecule has 1 aliphatic rings. The number of carbonyl (C=O) groups is 2. The number of amides is 2. The van der Waals surface area contributed by atoms with Crippen LogP contribution in [0.2, 0.25) is 0 Å². The zero-order valence-electron chi connectivity index (χ0n) is 14.6. The van der Waals surface area contributed by atoms with Crippen molar-refractivity contribution in [2.45, 2.75) is 71.8 Å². The van der Waals surface area contributed by atoms with E-state index in [1.807, 2.05) is 13.0 Å². The van der Waals surface area contributed by atoms with Gasteiger partial charge in [-0.15, -0.1) is 0 Å². The topological polar surface area (TPSA) is 70.4 Å². The molecule has 1 atom stereocenters. The summed E-state index contributed by atoms with van der Waals surface area (Å²) < 4.78 is 5.85. The Balaban J connectivity index is 2.47. The molecule has 0 aromatic rings. The van der Waals surface area contributed by atoms with Gasteiger partial charge in [-0.05, 0) is 31.8 Å². The van der Waals surface area contributed by atoms with E-state index in [1.165, 1.54) is 24.2 Å². The van der Waals surface area contributed by atoms with Crippen molar-refractivity contribution in [1.82, 2.24) is 4.90 Å². The minimum Gasteiger partial charge on any atom is -0.378 e. The molecule has 2 amide bonds. The van der Waals surface area contributed by atoms with Gasteiger partial charge in [-0.3, -0.25) is 14.5 Å². The molecular formula is C18H28N2O3. The zero-order chi connectivity index (χ0) is 17.2. The Morgan fingerprint density at radius 2 is 2.00 bits per heavy atom. The number of rotatable bonds is 10. The fourth-order valence-corrected chi connectivity index (χ4v) is 2.67. The molecule has 5 heteroatoms. The summed E-state index contributed by atoms with van der Waals surface area (Å²) in [6, 6.07) is 1.91. The summed E-state index contributed by atoms with van der Waals surface area (Å²) in [7, 11) is 0. The van der Waals surface area contributed by atoms with E-state index in [0.29, 0.717) is 18.5 Å². The number of unbranched alkanes of at least 4 members (excludes halogenated alkanes) is 3. The summed E-state index contributed by atoms with van der Waals surface area (Å²) in [5.74, 6) is -0.677. The van der Waals surface area contributed by atoms with Crippen molar-refractivity contribution in [1.29, 1.82) is 5.26 Å². The van der Waals surface area contributed by atoms with Crippen molar-refractivity contribution in [3.8, 4) is 6.07 Å². The second-order valence-corrected chi connectivity index (χ2v) is 6.04. The Morgan fingerprint density at radius 3 is 2.61 bits per heavy atom. The van der Waals surface area contributed by atoms with Gasteiger partial charge in [-0.1, -0.05) is 33.1 Å². The number of hydrogen-bond donors (Lipinski definition) is 0. The van der Waals surface area contributed by atoms with Crippen LogP contribution in [0.1, 0.15) is 65.7 Å². The average Bonchev–Trinajstić information content (AvgIpc) is 2.52. The van der Waals surface area contributed by atoms with Crippen LogP contribution >= 0.6 is 0 Å². The number of nitrogens with zero attached hydrogens (tertiary/aromatic N) is 2. The first kappa shape index (κ1) is 19.4. The highest BCUT2D eigenvalue weighted by atomic mass is 16.5. The third kappa shape index (κ3) is 5.80. The van der Waals surface area contributed by atoms with Crippen LogP contribution in [0, 0.1) is 11.3 Å². The minimum absolute atomic E-state index is 0.0507. The Hall–Kier alpha value is -1.67. The lowest BCUT2D eigenvalue weighted by molar-refractivity contribution is -0.143. The summed E-state index contributed by atoms with van der Waals surface area (Å²) in [5, 5.41) is 9.06. The van der Waals surface area contributed by atoms with Crippen LogP contribution in [0.5, 0.6) is 0 Å². The highest BCUT2D eigenvalue weighted by Crippen LogP contribution is 2.20. The van der Waals surface area contributed by atoms with Gasteiger partial charge >= 0.3 is 0 Å². The van der Waals surface area contributed by atoms with E-state index in [4.69, 9.17) is 10.00 Å². The second kappa shape index (κ2) is 10.2. The largest absolute Gasteiger partial charge is 0.378 e. The molecule has 5 nitrogen and oxygen atoms in total. The molecule has 0 aromatic carbocycles. The maximum Gasteiger partial charge on any atom is 0.271 e. The molecule has 23 heavy (non-hydrogen) atoms. The quantitative estimate of drug-likeness (QED) is 0.457. The molecule has 0 N–H and O–H groups in total. The highest BCUT2D eigenvalue weighted by molar-refractivity contribution is 6.10. The van der Waals surface area contributed by atoms with E-state index in [2.05, 4.69) is 6.92 Å². The van der Waals surface area contributed by atoms with Gasteiger partial charge in [-0.25, -0.2) is 0 Å². The Morgan fingerprint density at radius 1 is 1.26 bits per heavy atom. The van der Waals surface area contributed by atoms with Crippen molar-refractivity contribution < 1.29 is 14.3 Å². The summed E-state index contributed by atoms with van der Waals surface area (Å²) in [6.45, 7) is 6.93. The van der Waals surface area contributed by atoms with Crippen LogP contribution in [-0.4, -0.2) is 36.0 Å². The van der Waals surface area contributed by atoms with E-state index in [1.54, 1.807) is 6.92 Å². The van der Waals surface area contributed by atoms with E-state index in [0.717, 1.165) is 19.4 Å². The Labute approximate surface area is 139 Å². The average molecular weight is 320 g/mol.